The fourth-order valence-electron chi connectivity index (χ4n) is 3.61. The Bertz CT molecular complexity index is 550. The van der Waals surface area contributed by atoms with Crippen LogP contribution in [0.25, 0.3) is 0 Å². The van der Waals surface area contributed by atoms with Gasteiger partial charge >= 0.3 is 0 Å². The Labute approximate surface area is 151 Å². The first kappa shape index (κ1) is 18.2. The number of aryl methyl sites for hydroxylation is 1. The summed E-state index contributed by atoms with van der Waals surface area (Å²) in [7, 11) is 0. The zero-order chi connectivity index (χ0) is 17.5. The summed E-state index contributed by atoms with van der Waals surface area (Å²) in [4.78, 5) is 19.1. The Morgan fingerprint density at radius 1 is 0.960 bits per heavy atom. The van der Waals surface area contributed by atoms with Crippen molar-refractivity contribution in [2.45, 2.75) is 26.2 Å². The molecule has 0 atom stereocenters. The highest BCUT2D eigenvalue weighted by Crippen LogP contribution is 2.16. The van der Waals surface area contributed by atoms with E-state index in [2.05, 4.69) is 22.8 Å². The molecule has 3 rings (SSSR count). The number of carbonyl (C=O) groups excluding carboxylic acids is 1. The Kier molecular flexibility index (Phi) is 6.70. The molecule has 1 amide bonds. The van der Waals surface area contributed by atoms with E-state index < -0.39 is 0 Å². The summed E-state index contributed by atoms with van der Waals surface area (Å²) in [5, 5.41) is 0. The largest absolute Gasteiger partial charge is 0.492 e. The average molecular weight is 345 g/mol. The van der Waals surface area contributed by atoms with Gasteiger partial charge in [-0.15, -0.1) is 0 Å². The summed E-state index contributed by atoms with van der Waals surface area (Å²) < 4.78 is 5.89. The maximum absolute atomic E-state index is 12.4. The van der Waals surface area contributed by atoms with Crippen LogP contribution in [0.2, 0.25) is 0 Å². The predicted octanol–water partition coefficient (Wildman–Crippen LogP) is 2.00. The first-order valence-corrected chi connectivity index (χ1v) is 9.63. The van der Waals surface area contributed by atoms with Crippen LogP contribution in [0.5, 0.6) is 5.75 Å². The van der Waals surface area contributed by atoms with Gasteiger partial charge in [-0.2, -0.15) is 0 Å². The van der Waals surface area contributed by atoms with E-state index in [4.69, 9.17) is 4.74 Å². The van der Waals surface area contributed by atoms with Crippen molar-refractivity contribution < 1.29 is 9.53 Å². The Morgan fingerprint density at radius 2 is 1.64 bits per heavy atom. The number of hydrogen-bond acceptors (Lipinski definition) is 4. The molecule has 0 radical (unpaired) electrons. The lowest BCUT2D eigenvalue weighted by Gasteiger charge is -2.36. The van der Waals surface area contributed by atoms with Crippen molar-refractivity contribution in [3.8, 4) is 5.75 Å². The zero-order valence-electron chi connectivity index (χ0n) is 15.5. The maximum Gasteiger partial charge on any atom is 0.236 e. The highest BCUT2D eigenvalue weighted by molar-refractivity contribution is 5.78. The molecular formula is C20H31N3O2. The fourth-order valence-corrected chi connectivity index (χ4v) is 3.61. The van der Waals surface area contributed by atoms with Crippen molar-refractivity contribution in [1.29, 1.82) is 0 Å². The van der Waals surface area contributed by atoms with Gasteiger partial charge in [0, 0.05) is 45.8 Å². The standard InChI is InChI=1S/C20H31N3O2/c1-18-7-3-4-8-19(18)25-16-15-21-11-13-22(14-12-21)17-20(24)23-9-5-2-6-10-23/h3-4,7-8H,2,5-6,9-17H2,1H3. The molecule has 2 fully saturated rings. The molecule has 1 aromatic rings. The number of likely N-dealkylation sites (tertiary alicyclic amines) is 1. The Morgan fingerprint density at radius 3 is 2.36 bits per heavy atom. The summed E-state index contributed by atoms with van der Waals surface area (Å²) in [6.45, 7) is 10.2. The smallest absolute Gasteiger partial charge is 0.236 e. The highest BCUT2D eigenvalue weighted by Gasteiger charge is 2.22. The summed E-state index contributed by atoms with van der Waals surface area (Å²) >= 11 is 0. The molecule has 138 valence electrons. The molecule has 0 unspecified atom stereocenters. The number of carbonyl (C=O) groups is 1. The van der Waals surface area contributed by atoms with E-state index in [0.717, 1.165) is 58.2 Å². The Balaban J connectivity index is 1.33. The van der Waals surface area contributed by atoms with E-state index in [-0.39, 0.29) is 0 Å². The molecule has 2 aliphatic rings. The van der Waals surface area contributed by atoms with E-state index in [1.165, 1.54) is 24.8 Å². The van der Waals surface area contributed by atoms with E-state index in [0.29, 0.717) is 12.5 Å². The number of rotatable bonds is 6. The summed E-state index contributed by atoms with van der Waals surface area (Å²) in [6, 6.07) is 8.15. The number of piperazine rings is 1. The third-order valence-corrected chi connectivity index (χ3v) is 5.29. The molecule has 5 nitrogen and oxygen atoms in total. The van der Waals surface area contributed by atoms with Crippen molar-refractivity contribution in [2.24, 2.45) is 0 Å². The van der Waals surface area contributed by atoms with Gasteiger partial charge in [-0.1, -0.05) is 18.2 Å². The number of hydrogen-bond donors (Lipinski definition) is 0. The second kappa shape index (κ2) is 9.20. The quantitative estimate of drug-likeness (QED) is 0.790. The predicted molar refractivity (Wildman–Crippen MR) is 100.0 cm³/mol. The van der Waals surface area contributed by atoms with Crippen LogP contribution in [0.1, 0.15) is 24.8 Å². The molecular weight excluding hydrogens is 314 g/mol. The SMILES string of the molecule is Cc1ccccc1OCCN1CCN(CC(=O)N2CCCCC2)CC1. The third-order valence-electron chi connectivity index (χ3n) is 5.29. The van der Waals surface area contributed by atoms with Gasteiger partial charge in [0.2, 0.25) is 5.91 Å². The number of nitrogens with zero attached hydrogens (tertiary/aromatic N) is 3. The second-order valence-corrected chi connectivity index (χ2v) is 7.17. The number of para-hydroxylation sites is 1. The van der Waals surface area contributed by atoms with Gasteiger partial charge in [0.25, 0.3) is 0 Å². The van der Waals surface area contributed by atoms with Gasteiger partial charge in [-0.05, 0) is 37.8 Å². The van der Waals surface area contributed by atoms with Crippen molar-refractivity contribution in [1.82, 2.24) is 14.7 Å². The van der Waals surface area contributed by atoms with E-state index in [1.54, 1.807) is 0 Å². The number of benzene rings is 1. The van der Waals surface area contributed by atoms with Crippen LogP contribution in [0.4, 0.5) is 0 Å². The molecule has 0 N–H and O–H groups in total. The number of piperidine rings is 1. The summed E-state index contributed by atoms with van der Waals surface area (Å²) in [5.74, 6) is 1.30. The van der Waals surface area contributed by atoms with Crippen LogP contribution in [0.3, 0.4) is 0 Å². The molecule has 2 saturated heterocycles. The highest BCUT2D eigenvalue weighted by atomic mass is 16.5. The number of amides is 1. The first-order chi connectivity index (χ1) is 12.2. The minimum Gasteiger partial charge on any atom is -0.492 e. The lowest BCUT2D eigenvalue weighted by atomic mass is 10.1. The third kappa shape index (κ3) is 5.44. The maximum atomic E-state index is 12.4. The van der Waals surface area contributed by atoms with E-state index >= 15 is 0 Å². The van der Waals surface area contributed by atoms with E-state index in [9.17, 15) is 4.79 Å². The molecule has 0 aliphatic carbocycles. The van der Waals surface area contributed by atoms with E-state index in [1.807, 2.05) is 23.1 Å². The molecule has 0 aromatic heterocycles. The normalized spacial score (nSPS) is 19.8. The molecule has 2 heterocycles. The van der Waals surface area contributed by atoms with Gasteiger partial charge in [0.15, 0.2) is 0 Å². The van der Waals surface area contributed by atoms with Crippen LogP contribution in [-0.2, 0) is 4.79 Å². The minimum absolute atomic E-state index is 0.316. The molecule has 2 aliphatic heterocycles. The van der Waals surface area contributed by atoms with Crippen molar-refractivity contribution in [3.05, 3.63) is 29.8 Å². The zero-order valence-corrected chi connectivity index (χ0v) is 15.5. The fraction of sp³-hybridized carbons (Fsp3) is 0.650. The van der Waals surface area contributed by atoms with Gasteiger partial charge in [-0.3, -0.25) is 14.6 Å². The molecule has 0 spiro atoms. The van der Waals surface area contributed by atoms with Crippen LogP contribution in [-0.4, -0.2) is 79.6 Å². The van der Waals surface area contributed by atoms with Crippen LogP contribution < -0.4 is 4.74 Å². The topological polar surface area (TPSA) is 36.0 Å². The first-order valence-electron chi connectivity index (χ1n) is 9.63. The van der Waals surface area contributed by atoms with Gasteiger partial charge in [0.05, 0.1) is 6.54 Å². The lowest BCUT2D eigenvalue weighted by Crippen LogP contribution is -2.51. The molecule has 0 saturated carbocycles. The summed E-state index contributed by atoms with van der Waals surface area (Å²) in [6.07, 6.45) is 3.61. The van der Waals surface area contributed by atoms with Gasteiger partial charge < -0.3 is 9.64 Å². The molecule has 1 aromatic carbocycles. The van der Waals surface area contributed by atoms with Crippen molar-refractivity contribution in [3.63, 3.8) is 0 Å². The lowest BCUT2D eigenvalue weighted by molar-refractivity contribution is -0.133. The van der Waals surface area contributed by atoms with Crippen molar-refractivity contribution >= 4 is 5.91 Å². The average Bonchev–Trinajstić information content (AvgIpc) is 2.65. The molecule has 25 heavy (non-hydrogen) atoms. The number of ether oxygens (including phenoxy) is 1. The van der Waals surface area contributed by atoms with Crippen LogP contribution in [0, 0.1) is 6.92 Å². The van der Waals surface area contributed by atoms with Crippen LogP contribution >= 0.6 is 0 Å². The van der Waals surface area contributed by atoms with Crippen LogP contribution in [0.15, 0.2) is 24.3 Å². The second-order valence-electron chi connectivity index (χ2n) is 7.17. The monoisotopic (exact) mass is 345 g/mol. The Hall–Kier alpha value is -1.59. The van der Waals surface area contributed by atoms with Gasteiger partial charge in [-0.25, -0.2) is 0 Å². The minimum atomic E-state index is 0.316. The molecule has 5 heteroatoms. The van der Waals surface area contributed by atoms with Crippen molar-refractivity contribution in [2.75, 3.05) is 59.0 Å². The van der Waals surface area contributed by atoms with Gasteiger partial charge in [0.1, 0.15) is 12.4 Å². The molecule has 0 bridgehead atoms. The summed E-state index contributed by atoms with van der Waals surface area (Å²) in [5.41, 5.74) is 1.18.